The molecule has 0 aliphatic heterocycles. The molecule has 246 valence electrons. The van der Waals surface area contributed by atoms with Crippen LogP contribution in [0.15, 0.2) is 52.0 Å². The first-order valence-electron chi connectivity index (χ1n) is 14.9. The van der Waals surface area contributed by atoms with Crippen LogP contribution >= 0.6 is 0 Å². The predicted molar refractivity (Wildman–Crippen MR) is 166 cm³/mol. The third-order valence-electron chi connectivity index (χ3n) is 7.86. The van der Waals surface area contributed by atoms with Crippen LogP contribution in [0.1, 0.15) is 66.6 Å². The van der Waals surface area contributed by atoms with Crippen LogP contribution in [0.5, 0.6) is 0 Å². The number of hydrogen-bond acceptors (Lipinski definition) is 7. The fraction of sp³-hybridized carbons (Fsp3) is 0.424. The summed E-state index contributed by atoms with van der Waals surface area (Å²) < 4.78 is 47.8. The van der Waals surface area contributed by atoms with Gasteiger partial charge in [0, 0.05) is 24.4 Å². The lowest BCUT2D eigenvalue weighted by Gasteiger charge is -2.26. The number of amides is 1. The van der Waals surface area contributed by atoms with E-state index in [9.17, 15) is 32.7 Å². The van der Waals surface area contributed by atoms with Gasteiger partial charge in [-0.15, -0.1) is 0 Å². The molecule has 0 fully saturated rings. The van der Waals surface area contributed by atoms with E-state index < -0.39 is 47.7 Å². The summed E-state index contributed by atoms with van der Waals surface area (Å²) in [5, 5.41) is 20.6. The second-order valence-corrected chi connectivity index (χ2v) is 12.3. The number of rotatable bonds is 12. The Morgan fingerprint density at radius 2 is 1.76 bits per heavy atom. The van der Waals surface area contributed by atoms with Crippen molar-refractivity contribution in [2.24, 2.45) is 5.92 Å². The molecule has 2 N–H and O–H groups in total. The number of pyridine rings is 1. The molecule has 2 aromatic heterocycles. The van der Waals surface area contributed by atoms with Crippen LogP contribution in [-0.2, 0) is 22.2 Å². The number of nitrogens with zero attached hydrogens (tertiary/aromatic N) is 4. The third-order valence-corrected chi connectivity index (χ3v) is 7.86. The number of aliphatic carboxylic acids is 1. The number of aromatic nitrogens is 3. The Bertz CT molecular complexity index is 1770. The number of nitrogens with one attached hydrogen (secondary N) is 1. The van der Waals surface area contributed by atoms with Crippen LogP contribution in [0.3, 0.4) is 0 Å². The van der Waals surface area contributed by atoms with Gasteiger partial charge in [-0.25, -0.2) is 4.63 Å². The number of halogens is 3. The number of fused-ring (bicyclic) bond motifs is 1. The molecule has 0 aliphatic rings. The van der Waals surface area contributed by atoms with Gasteiger partial charge in [0.05, 0.1) is 18.0 Å². The van der Waals surface area contributed by atoms with Crippen molar-refractivity contribution in [1.29, 1.82) is 0 Å². The van der Waals surface area contributed by atoms with E-state index in [1.807, 2.05) is 45.9 Å². The zero-order chi connectivity index (χ0) is 33.9. The molecule has 0 aliphatic carbocycles. The molecule has 4 rings (SSSR count). The predicted octanol–water partition coefficient (Wildman–Crippen LogP) is 5.71. The first-order chi connectivity index (χ1) is 21.6. The molecule has 2 aromatic carbocycles. The lowest BCUT2D eigenvalue weighted by molar-refractivity contribution is -0.139. The summed E-state index contributed by atoms with van der Waals surface area (Å²) in [6.45, 7) is 7.79. The molecule has 0 saturated heterocycles. The molecule has 0 radical (unpaired) electrons. The largest absolute Gasteiger partial charge is 0.481 e. The van der Waals surface area contributed by atoms with Gasteiger partial charge in [0.15, 0.2) is 0 Å². The smallest absolute Gasteiger partial charge is 0.416 e. The van der Waals surface area contributed by atoms with Crippen molar-refractivity contribution in [3.8, 4) is 11.1 Å². The zero-order valence-electron chi connectivity index (χ0n) is 26.6. The minimum Gasteiger partial charge on any atom is -0.481 e. The molecule has 0 saturated carbocycles. The van der Waals surface area contributed by atoms with Gasteiger partial charge in [-0.05, 0) is 97.0 Å². The molecule has 10 nitrogen and oxygen atoms in total. The maximum absolute atomic E-state index is 14.0. The van der Waals surface area contributed by atoms with Gasteiger partial charge >= 0.3 is 12.1 Å². The number of likely N-dealkylation sites (N-methyl/N-ethyl adjacent to an activating group) is 1. The number of alkyl halides is 3. The summed E-state index contributed by atoms with van der Waals surface area (Å²) in [7, 11) is 3.44. The number of hydrogen-bond donors (Lipinski definition) is 2. The summed E-state index contributed by atoms with van der Waals surface area (Å²) >= 11 is 0. The molecule has 13 heteroatoms. The topological polar surface area (TPSA) is 131 Å². The molecule has 0 unspecified atom stereocenters. The first kappa shape index (κ1) is 34.4. The molecular weight excluding hydrogens is 603 g/mol. The van der Waals surface area contributed by atoms with E-state index in [2.05, 4.69) is 15.6 Å². The van der Waals surface area contributed by atoms with Gasteiger partial charge in [-0.1, -0.05) is 32.0 Å². The number of carboxylic acids is 1. The maximum atomic E-state index is 14.0. The molecular formula is C33H38F3N5O5. The second kappa shape index (κ2) is 13.9. The maximum Gasteiger partial charge on any atom is 0.416 e. The summed E-state index contributed by atoms with van der Waals surface area (Å²) in [4.78, 5) is 41.0. The van der Waals surface area contributed by atoms with E-state index in [0.29, 0.717) is 22.7 Å². The Labute approximate surface area is 264 Å². The highest BCUT2D eigenvalue weighted by Crippen LogP contribution is 2.35. The molecule has 46 heavy (non-hydrogen) atoms. The van der Waals surface area contributed by atoms with Crippen molar-refractivity contribution in [2.45, 2.75) is 65.2 Å². The zero-order valence-corrected chi connectivity index (χ0v) is 26.6. The normalized spacial score (nSPS) is 13.4. The minimum absolute atomic E-state index is 0.0119. The van der Waals surface area contributed by atoms with Gasteiger partial charge in [-0.2, -0.15) is 13.2 Å². The number of carbonyl (C=O) groups is 2. The van der Waals surface area contributed by atoms with E-state index in [1.54, 1.807) is 31.1 Å². The monoisotopic (exact) mass is 641 g/mol. The lowest BCUT2D eigenvalue weighted by Crippen LogP contribution is -2.40. The summed E-state index contributed by atoms with van der Waals surface area (Å²) in [5.74, 6) is -2.08. The number of aryl methyl sites for hydroxylation is 2. The summed E-state index contributed by atoms with van der Waals surface area (Å²) in [5.41, 5.74) is 2.30. The molecule has 1 amide bonds. The van der Waals surface area contributed by atoms with Gasteiger partial charge < -0.3 is 19.9 Å². The van der Waals surface area contributed by atoms with Gasteiger partial charge in [0.2, 0.25) is 5.91 Å². The van der Waals surface area contributed by atoms with Crippen molar-refractivity contribution in [1.82, 2.24) is 25.1 Å². The summed E-state index contributed by atoms with van der Waals surface area (Å²) in [6, 6.07) is 7.46. The SMILES string of the molecule is Cc1cccc(C)c1-c1cc([C@@H](CC(=O)O)NC(=O)[C@H](CC(C)C)n2cc(CCN(C)C)c(C(F)(F)F)cc2=O)c2nonc2c1. The van der Waals surface area contributed by atoms with Crippen LogP contribution in [0.25, 0.3) is 22.2 Å². The fourth-order valence-electron chi connectivity index (χ4n) is 5.71. The van der Waals surface area contributed by atoms with E-state index in [1.165, 1.54) is 0 Å². The lowest BCUT2D eigenvalue weighted by atomic mass is 9.91. The molecule has 2 heterocycles. The van der Waals surface area contributed by atoms with Crippen LogP contribution in [0.4, 0.5) is 13.2 Å². The molecule has 0 spiro atoms. The van der Waals surface area contributed by atoms with Crippen LogP contribution in [-0.4, -0.2) is 57.4 Å². The summed E-state index contributed by atoms with van der Waals surface area (Å²) in [6.07, 6.45) is -4.11. The Morgan fingerprint density at radius 1 is 1.09 bits per heavy atom. The van der Waals surface area contributed by atoms with Gasteiger partial charge in [0.1, 0.15) is 17.1 Å². The molecule has 4 aromatic rings. The highest BCUT2D eigenvalue weighted by molar-refractivity contribution is 5.88. The van der Waals surface area contributed by atoms with Crippen molar-refractivity contribution < 1.29 is 32.5 Å². The number of carbonyl (C=O) groups excluding carboxylic acids is 1. The first-order valence-corrected chi connectivity index (χ1v) is 14.9. The van der Waals surface area contributed by atoms with E-state index >= 15 is 0 Å². The van der Waals surface area contributed by atoms with Gasteiger partial charge in [-0.3, -0.25) is 14.4 Å². The van der Waals surface area contributed by atoms with Crippen molar-refractivity contribution in [2.75, 3.05) is 20.6 Å². The Morgan fingerprint density at radius 3 is 2.35 bits per heavy atom. The van der Waals surface area contributed by atoms with Crippen LogP contribution in [0.2, 0.25) is 0 Å². The fourth-order valence-corrected chi connectivity index (χ4v) is 5.71. The van der Waals surface area contributed by atoms with Crippen molar-refractivity contribution in [3.05, 3.63) is 80.8 Å². The highest BCUT2D eigenvalue weighted by Gasteiger charge is 2.36. The molecule has 2 atom stereocenters. The number of benzene rings is 2. The minimum atomic E-state index is -4.76. The Hall–Kier alpha value is -4.52. The molecule has 0 bridgehead atoms. The Kier molecular flexibility index (Phi) is 10.3. The van der Waals surface area contributed by atoms with E-state index in [0.717, 1.165) is 27.5 Å². The van der Waals surface area contributed by atoms with E-state index in [-0.39, 0.29) is 36.4 Å². The van der Waals surface area contributed by atoms with Gasteiger partial charge in [0.25, 0.3) is 5.56 Å². The van der Waals surface area contributed by atoms with Crippen molar-refractivity contribution in [3.63, 3.8) is 0 Å². The second-order valence-electron chi connectivity index (χ2n) is 12.3. The van der Waals surface area contributed by atoms with Crippen molar-refractivity contribution >= 4 is 22.9 Å². The Balaban J connectivity index is 1.82. The standard InChI is InChI=1S/C33H38F3N5O5/c1-18(2)12-27(41-17-21(10-11-40(5)6)24(15-28(41)42)33(34,35)36)32(45)37-25(16-29(43)44)23-13-22(14-26-31(23)39-46-38-26)30-19(3)8-7-9-20(30)4/h7-9,13-15,17-18,25,27H,10-12,16H2,1-6H3,(H,37,45)(H,43,44)/t25-,27+/m1/s1. The van der Waals surface area contributed by atoms with Crippen LogP contribution < -0.4 is 10.9 Å². The number of carboxylic acid groups (broad SMARTS) is 1. The average Bonchev–Trinajstić information content (AvgIpc) is 3.42. The van der Waals surface area contributed by atoms with E-state index in [4.69, 9.17) is 4.63 Å². The average molecular weight is 642 g/mol. The third kappa shape index (κ3) is 7.82. The quantitative estimate of drug-likeness (QED) is 0.201. The van der Waals surface area contributed by atoms with Crippen LogP contribution in [0, 0.1) is 19.8 Å². The highest BCUT2D eigenvalue weighted by atomic mass is 19.4.